The number of aromatic nitrogens is 2. The molecule has 3 rings (SSSR count). The molecule has 0 saturated carbocycles. The number of nitrogens with two attached hydrogens (primary N) is 1. The molecule has 0 amide bonds. The zero-order chi connectivity index (χ0) is 17.8. The van der Waals surface area contributed by atoms with Crippen molar-refractivity contribution in [1.82, 2.24) is 9.97 Å². The van der Waals surface area contributed by atoms with E-state index < -0.39 is 5.97 Å². The first-order chi connectivity index (χ1) is 12.0. The van der Waals surface area contributed by atoms with Crippen molar-refractivity contribution in [2.24, 2.45) is 0 Å². The Hall–Kier alpha value is -3.13. The molecule has 0 atom stereocenters. The standard InChI is InChI=1S/C17H14BrN5O2/c18-11-2-1-3-13(8-11)23-16-14(19)15(20-9-21-16)22-12-6-4-10(5-7-12)17(24)25/h1-9H,19H2,(H,24,25)(H2,20,21,22,23). The second kappa shape index (κ2) is 7.18. The van der Waals surface area contributed by atoms with Gasteiger partial charge in [-0.15, -0.1) is 0 Å². The van der Waals surface area contributed by atoms with Gasteiger partial charge in [0.25, 0.3) is 0 Å². The van der Waals surface area contributed by atoms with Crippen LogP contribution in [-0.2, 0) is 0 Å². The molecule has 3 aromatic rings. The zero-order valence-electron chi connectivity index (χ0n) is 12.9. The van der Waals surface area contributed by atoms with Crippen LogP contribution in [-0.4, -0.2) is 21.0 Å². The molecule has 0 aliphatic rings. The quantitative estimate of drug-likeness (QED) is 0.512. The summed E-state index contributed by atoms with van der Waals surface area (Å²) in [5.74, 6) is -0.0815. The normalized spacial score (nSPS) is 10.3. The summed E-state index contributed by atoms with van der Waals surface area (Å²) in [7, 11) is 0. The molecule has 0 aliphatic heterocycles. The van der Waals surface area contributed by atoms with E-state index in [2.05, 4.69) is 36.5 Å². The molecule has 2 aromatic carbocycles. The number of halogens is 1. The second-order valence-electron chi connectivity index (χ2n) is 5.13. The summed E-state index contributed by atoms with van der Waals surface area (Å²) in [6, 6.07) is 13.9. The van der Waals surface area contributed by atoms with Crippen molar-refractivity contribution in [1.29, 1.82) is 0 Å². The lowest BCUT2D eigenvalue weighted by Gasteiger charge is -2.13. The third-order valence-electron chi connectivity index (χ3n) is 3.37. The van der Waals surface area contributed by atoms with E-state index in [1.54, 1.807) is 12.1 Å². The third kappa shape index (κ3) is 4.04. The molecule has 0 bridgehead atoms. The third-order valence-corrected chi connectivity index (χ3v) is 3.86. The highest BCUT2D eigenvalue weighted by atomic mass is 79.9. The van der Waals surface area contributed by atoms with E-state index in [0.29, 0.717) is 23.0 Å². The average Bonchev–Trinajstić information content (AvgIpc) is 2.59. The molecule has 0 radical (unpaired) electrons. The Morgan fingerprint density at radius 3 is 2.24 bits per heavy atom. The summed E-state index contributed by atoms with van der Waals surface area (Å²) in [6.07, 6.45) is 1.39. The number of nitrogens with one attached hydrogen (secondary N) is 2. The first-order valence-corrected chi connectivity index (χ1v) is 8.05. The highest BCUT2D eigenvalue weighted by Gasteiger charge is 2.09. The van der Waals surface area contributed by atoms with Crippen molar-refractivity contribution in [3.63, 3.8) is 0 Å². The minimum Gasteiger partial charge on any atom is -0.478 e. The van der Waals surface area contributed by atoms with Gasteiger partial charge in [0.05, 0.1) is 5.56 Å². The molecule has 1 aromatic heterocycles. The Morgan fingerprint density at radius 1 is 1.00 bits per heavy atom. The van der Waals surface area contributed by atoms with Crippen LogP contribution >= 0.6 is 15.9 Å². The van der Waals surface area contributed by atoms with E-state index >= 15 is 0 Å². The second-order valence-corrected chi connectivity index (χ2v) is 6.04. The van der Waals surface area contributed by atoms with Gasteiger partial charge in [0.1, 0.15) is 12.0 Å². The van der Waals surface area contributed by atoms with Crippen LogP contribution in [0, 0.1) is 0 Å². The lowest BCUT2D eigenvalue weighted by Crippen LogP contribution is -2.05. The molecule has 0 aliphatic carbocycles. The van der Waals surface area contributed by atoms with Crippen molar-refractivity contribution >= 4 is 50.6 Å². The van der Waals surface area contributed by atoms with Gasteiger partial charge < -0.3 is 21.5 Å². The first-order valence-electron chi connectivity index (χ1n) is 7.26. The van der Waals surface area contributed by atoms with E-state index in [1.807, 2.05) is 24.3 Å². The van der Waals surface area contributed by atoms with Crippen molar-refractivity contribution < 1.29 is 9.90 Å². The number of benzene rings is 2. The van der Waals surface area contributed by atoms with E-state index in [0.717, 1.165) is 10.2 Å². The van der Waals surface area contributed by atoms with E-state index in [1.165, 1.54) is 18.5 Å². The maximum absolute atomic E-state index is 10.9. The van der Waals surface area contributed by atoms with Gasteiger partial charge in [0.2, 0.25) is 0 Å². The van der Waals surface area contributed by atoms with Gasteiger partial charge in [-0.25, -0.2) is 14.8 Å². The van der Waals surface area contributed by atoms with Gasteiger partial charge in [-0.1, -0.05) is 22.0 Å². The van der Waals surface area contributed by atoms with Crippen LogP contribution < -0.4 is 16.4 Å². The number of hydrogen-bond acceptors (Lipinski definition) is 6. The summed E-state index contributed by atoms with van der Waals surface area (Å²) < 4.78 is 0.932. The summed E-state index contributed by atoms with van der Waals surface area (Å²) in [4.78, 5) is 19.2. The van der Waals surface area contributed by atoms with E-state index in [4.69, 9.17) is 10.8 Å². The van der Waals surface area contributed by atoms with E-state index in [-0.39, 0.29) is 5.56 Å². The van der Waals surface area contributed by atoms with Crippen LogP contribution in [0.3, 0.4) is 0 Å². The number of carbonyl (C=O) groups is 1. The minimum absolute atomic E-state index is 0.207. The van der Waals surface area contributed by atoms with Crippen LogP contribution in [0.4, 0.5) is 28.7 Å². The molecular formula is C17H14BrN5O2. The molecule has 8 heteroatoms. The molecule has 0 fully saturated rings. The maximum Gasteiger partial charge on any atom is 0.335 e. The first kappa shape index (κ1) is 16.7. The SMILES string of the molecule is Nc1c(Nc2ccc(C(=O)O)cc2)ncnc1Nc1cccc(Br)c1. The van der Waals surface area contributed by atoms with Crippen LogP contribution in [0.15, 0.2) is 59.3 Å². The molecule has 5 N–H and O–H groups in total. The summed E-state index contributed by atoms with van der Waals surface area (Å²) in [5.41, 5.74) is 8.20. The molecule has 1 heterocycles. The number of nitrogen functional groups attached to an aromatic ring is 1. The molecule has 25 heavy (non-hydrogen) atoms. The highest BCUT2D eigenvalue weighted by molar-refractivity contribution is 9.10. The van der Waals surface area contributed by atoms with E-state index in [9.17, 15) is 4.79 Å². The Morgan fingerprint density at radius 2 is 1.64 bits per heavy atom. The number of carboxylic acids is 1. The Balaban J connectivity index is 1.82. The van der Waals surface area contributed by atoms with Crippen LogP contribution in [0.1, 0.15) is 10.4 Å². The zero-order valence-corrected chi connectivity index (χ0v) is 14.5. The fourth-order valence-corrected chi connectivity index (χ4v) is 2.53. The van der Waals surface area contributed by atoms with Gasteiger partial charge >= 0.3 is 5.97 Å². The summed E-state index contributed by atoms with van der Waals surface area (Å²) >= 11 is 3.41. The number of anilines is 5. The number of carboxylic acid groups (broad SMARTS) is 1. The van der Waals surface area contributed by atoms with Crippen molar-refractivity contribution in [3.05, 3.63) is 64.9 Å². The minimum atomic E-state index is -0.978. The topological polar surface area (TPSA) is 113 Å². The van der Waals surface area contributed by atoms with Gasteiger partial charge in [0.15, 0.2) is 11.6 Å². The number of hydrogen-bond donors (Lipinski definition) is 4. The van der Waals surface area contributed by atoms with Gasteiger partial charge in [0, 0.05) is 15.8 Å². The van der Waals surface area contributed by atoms with Crippen LogP contribution in [0.2, 0.25) is 0 Å². The molecule has 126 valence electrons. The van der Waals surface area contributed by atoms with Crippen LogP contribution in [0.25, 0.3) is 0 Å². The largest absolute Gasteiger partial charge is 0.478 e. The predicted molar refractivity (Wildman–Crippen MR) is 101 cm³/mol. The van der Waals surface area contributed by atoms with Crippen molar-refractivity contribution in [3.8, 4) is 0 Å². The predicted octanol–water partition coefficient (Wildman–Crippen LogP) is 4.01. The molecule has 0 saturated heterocycles. The lowest BCUT2D eigenvalue weighted by molar-refractivity contribution is 0.0697. The van der Waals surface area contributed by atoms with Crippen LogP contribution in [0.5, 0.6) is 0 Å². The fraction of sp³-hybridized carbons (Fsp3) is 0. The van der Waals surface area contributed by atoms with Gasteiger partial charge in [-0.3, -0.25) is 0 Å². The maximum atomic E-state index is 10.9. The lowest BCUT2D eigenvalue weighted by atomic mass is 10.2. The fourth-order valence-electron chi connectivity index (χ4n) is 2.13. The molecule has 0 spiro atoms. The number of rotatable bonds is 5. The molecule has 7 nitrogen and oxygen atoms in total. The molecule has 0 unspecified atom stereocenters. The Bertz CT molecular complexity index is 915. The number of nitrogens with zero attached hydrogens (tertiary/aromatic N) is 2. The van der Waals surface area contributed by atoms with Crippen molar-refractivity contribution in [2.45, 2.75) is 0 Å². The number of aromatic carboxylic acids is 1. The summed E-state index contributed by atoms with van der Waals surface area (Å²) in [5, 5.41) is 15.1. The Labute approximate surface area is 152 Å². The highest BCUT2D eigenvalue weighted by Crippen LogP contribution is 2.28. The van der Waals surface area contributed by atoms with Crippen molar-refractivity contribution in [2.75, 3.05) is 16.4 Å². The Kier molecular flexibility index (Phi) is 4.80. The van der Waals surface area contributed by atoms with Gasteiger partial charge in [-0.05, 0) is 42.5 Å². The molecular weight excluding hydrogens is 386 g/mol. The smallest absolute Gasteiger partial charge is 0.335 e. The average molecular weight is 400 g/mol. The monoisotopic (exact) mass is 399 g/mol. The summed E-state index contributed by atoms with van der Waals surface area (Å²) in [6.45, 7) is 0. The van der Waals surface area contributed by atoms with Gasteiger partial charge in [-0.2, -0.15) is 0 Å².